The molecule has 2 N–H and O–H groups in total. The van der Waals surface area contributed by atoms with Crippen molar-refractivity contribution in [3.05, 3.63) is 28.8 Å². The molecule has 5 heteroatoms. The van der Waals surface area contributed by atoms with E-state index in [1.165, 1.54) is 0 Å². The van der Waals surface area contributed by atoms with E-state index in [4.69, 9.17) is 11.6 Å². The van der Waals surface area contributed by atoms with E-state index in [0.29, 0.717) is 6.54 Å². The van der Waals surface area contributed by atoms with Gasteiger partial charge in [0.1, 0.15) is 0 Å². The highest BCUT2D eigenvalue weighted by molar-refractivity contribution is 6.31. The number of anilines is 1. The summed E-state index contributed by atoms with van der Waals surface area (Å²) in [6.07, 6.45) is 0. The number of carbonyl (C=O) groups excluding carboxylic acids is 1. The van der Waals surface area contributed by atoms with Gasteiger partial charge in [0.2, 0.25) is 5.91 Å². The van der Waals surface area contributed by atoms with Crippen molar-refractivity contribution in [2.24, 2.45) is 5.92 Å². The number of carbonyl (C=O) groups is 1. The molecule has 1 rings (SSSR count). The van der Waals surface area contributed by atoms with Crippen molar-refractivity contribution in [2.75, 3.05) is 32.1 Å². The van der Waals surface area contributed by atoms with Gasteiger partial charge in [0, 0.05) is 37.9 Å². The summed E-state index contributed by atoms with van der Waals surface area (Å²) >= 11 is 6.29. The summed E-state index contributed by atoms with van der Waals surface area (Å²) in [6, 6.07) is 6.02. The Morgan fingerprint density at radius 3 is 2.70 bits per heavy atom. The smallest absolute Gasteiger partial charge is 0.224 e. The molecule has 0 fully saturated rings. The van der Waals surface area contributed by atoms with Crippen molar-refractivity contribution in [2.45, 2.75) is 20.4 Å². The molecule has 0 aliphatic carbocycles. The van der Waals surface area contributed by atoms with Crippen LogP contribution in [0.25, 0.3) is 0 Å². The lowest BCUT2D eigenvalue weighted by Crippen LogP contribution is -2.34. The third-order valence-electron chi connectivity index (χ3n) is 3.28. The lowest BCUT2D eigenvalue weighted by Gasteiger charge is -2.23. The Morgan fingerprint density at radius 1 is 1.45 bits per heavy atom. The van der Waals surface area contributed by atoms with E-state index in [9.17, 15) is 4.79 Å². The first kappa shape index (κ1) is 16.8. The molecule has 1 aromatic carbocycles. The second-order valence-corrected chi connectivity index (χ2v) is 5.36. The molecule has 1 atom stereocenters. The summed E-state index contributed by atoms with van der Waals surface area (Å²) in [4.78, 5) is 13.6. The van der Waals surface area contributed by atoms with Crippen LogP contribution in [0.5, 0.6) is 0 Å². The van der Waals surface area contributed by atoms with E-state index < -0.39 is 0 Å². The third kappa shape index (κ3) is 4.69. The summed E-state index contributed by atoms with van der Waals surface area (Å²) in [7, 11) is 3.63. The van der Waals surface area contributed by atoms with E-state index in [0.717, 1.165) is 29.4 Å². The maximum Gasteiger partial charge on any atom is 0.224 e. The van der Waals surface area contributed by atoms with Gasteiger partial charge in [0.05, 0.1) is 5.92 Å². The normalized spacial score (nSPS) is 12.1. The second-order valence-electron chi connectivity index (χ2n) is 4.95. The average Bonchev–Trinajstić information content (AvgIpc) is 2.44. The SMILES string of the molecule is CCNCc1ccc(N(C)CC(C)C(=O)NC)cc1Cl. The van der Waals surface area contributed by atoms with Crippen molar-refractivity contribution < 1.29 is 4.79 Å². The Labute approximate surface area is 126 Å². The molecule has 0 radical (unpaired) electrons. The predicted molar refractivity (Wildman–Crippen MR) is 85.3 cm³/mol. The molecule has 4 nitrogen and oxygen atoms in total. The number of nitrogens with one attached hydrogen (secondary N) is 2. The van der Waals surface area contributed by atoms with Crippen molar-refractivity contribution in [1.29, 1.82) is 0 Å². The van der Waals surface area contributed by atoms with E-state index >= 15 is 0 Å². The maximum atomic E-state index is 11.5. The summed E-state index contributed by atoms with van der Waals surface area (Å²) in [5.74, 6) is -0.0167. The Morgan fingerprint density at radius 2 is 2.15 bits per heavy atom. The summed E-state index contributed by atoms with van der Waals surface area (Å²) in [5.41, 5.74) is 2.11. The van der Waals surface area contributed by atoms with Crippen molar-refractivity contribution >= 4 is 23.2 Å². The largest absolute Gasteiger partial charge is 0.374 e. The van der Waals surface area contributed by atoms with Gasteiger partial charge >= 0.3 is 0 Å². The van der Waals surface area contributed by atoms with Crippen molar-refractivity contribution in [1.82, 2.24) is 10.6 Å². The minimum atomic E-state index is -0.0646. The number of hydrogen-bond donors (Lipinski definition) is 2. The Hall–Kier alpha value is -1.26. The van der Waals surface area contributed by atoms with Gasteiger partial charge in [-0.25, -0.2) is 0 Å². The monoisotopic (exact) mass is 297 g/mol. The van der Waals surface area contributed by atoms with Crippen LogP contribution < -0.4 is 15.5 Å². The molecule has 1 unspecified atom stereocenters. The number of nitrogens with zero attached hydrogens (tertiary/aromatic N) is 1. The highest BCUT2D eigenvalue weighted by atomic mass is 35.5. The highest BCUT2D eigenvalue weighted by Crippen LogP contribution is 2.23. The molecule has 1 aromatic rings. The molecule has 0 aromatic heterocycles. The van der Waals surface area contributed by atoms with Crippen LogP contribution in [0.2, 0.25) is 5.02 Å². The van der Waals surface area contributed by atoms with Gasteiger partial charge < -0.3 is 15.5 Å². The van der Waals surface area contributed by atoms with Crippen LogP contribution in [0.4, 0.5) is 5.69 Å². The molecule has 112 valence electrons. The van der Waals surface area contributed by atoms with Crippen LogP contribution >= 0.6 is 11.6 Å². The fourth-order valence-electron chi connectivity index (χ4n) is 2.02. The number of halogens is 1. The Kier molecular flexibility index (Phi) is 6.82. The fourth-order valence-corrected chi connectivity index (χ4v) is 2.26. The highest BCUT2D eigenvalue weighted by Gasteiger charge is 2.14. The lowest BCUT2D eigenvalue weighted by molar-refractivity contribution is -0.123. The zero-order chi connectivity index (χ0) is 15.1. The molecule has 0 saturated heterocycles. The van der Waals surface area contributed by atoms with Gasteiger partial charge in [-0.1, -0.05) is 31.5 Å². The topological polar surface area (TPSA) is 44.4 Å². The van der Waals surface area contributed by atoms with Crippen LogP contribution in [0, 0.1) is 5.92 Å². The third-order valence-corrected chi connectivity index (χ3v) is 3.64. The summed E-state index contributed by atoms with van der Waals surface area (Å²) in [5, 5.41) is 6.68. The molecule has 0 aliphatic heterocycles. The van der Waals surface area contributed by atoms with Gasteiger partial charge in [-0.3, -0.25) is 4.79 Å². The van der Waals surface area contributed by atoms with Crippen LogP contribution in [0.1, 0.15) is 19.4 Å². The molecule has 0 heterocycles. The van der Waals surface area contributed by atoms with Gasteiger partial charge in [-0.05, 0) is 24.2 Å². The first-order valence-electron chi connectivity index (χ1n) is 6.91. The minimum absolute atomic E-state index is 0.0479. The number of benzene rings is 1. The van der Waals surface area contributed by atoms with Crippen LogP contribution in [-0.4, -0.2) is 33.1 Å². The van der Waals surface area contributed by atoms with Crippen molar-refractivity contribution in [3.8, 4) is 0 Å². The van der Waals surface area contributed by atoms with Crippen LogP contribution in [0.3, 0.4) is 0 Å². The fraction of sp³-hybridized carbons (Fsp3) is 0.533. The van der Waals surface area contributed by atoms with E-state index in [2.05, 4.69) is 17.6 Å². The van der Waals surface area contributed by atoms with Crippen molar-refractivity contribution in [3.63, 3.8) is 0 Å². The Balaban J connectivity index is 2.71. The van der Waals surface area contributed by atoms with Gasteiger partial charge in [0.15, 0.2) is 0 Å². The van der Waals surface area contributed by atoms with Gasteiger partial charge in [0.25, 0.3) is 0 Å². The molecular weight excluding hydrogens is 274 g/mol. The van der Waals surface area contributed by atoms with Gasteiger partial charge in [-0.2, -0.15) is 0 Å². The first-order chi connectivity index (χ1) is 9.49. The van der Waals surface area contributed by atoms with E-state index in [-0.39, 0.29) is 11.8 Å². The number of amides is 1. The predicted octanol–water partition coefficient (Wildman–Crippen LogP) is 2.27. The summed E-state index contributed by atoms with van der Waals surface area (Å²) < 4.78 is 0. The molecule has 0 spiro atoms. The summed E-state index contributed by atoms with van der Waals surface area (Å²) in [6.45, 7) is 6.32. The van der Waals surface area contributed by atoms with Crippen LogP contribution in [0.15, 0.2) is 18.2 Å². The molecule has 0 aliphatic rings. The number of rotatable bonds is 7. The van der Waals surface area contributed by atoms with Gasteiger partial charge in [-0.15, -0.1) is 0 Å². The van der Waals surface area contributed by atoms with E-state index in [1.807, 2.05) is 37.1 Å². The average molecular weight is 298 g/mol. The first-order valence-corrected chi connectivity index (χ1v) is 7.29. The molecule has 0 bridgehead atoms. The second kappa shape index (κ2) is 8.12. The molecular formula is C15H24ClN3O. The van der Waals surface area contributed by atoms with E-state index in [1.54, 1.807) is 7.05 Å². The zero-order valence-electron chi connectivity index (χ0n) is 12.7. The van der Waals surface area contributed by atoms with Crippen LogP contribution in [-0.2, 0) is 11.3 Å². The number of hydrogen-bond acceptors (Lipinski definition) is 3. The standard InChI is InChI=1S/C15H24ClN3O/c1-5-18-9-12-6-7-13(8-14(12)16)19(4)10-11(2)15(20)17-3/h6-8,11,18H,5,9-10H2,1-4H3,(H,17,20). The molecule has 1 amide bonds. The lowest BCUT2D eigenvalue weighted by atomic mass is 10.1. The zero-order valence-corrected chi connectivity index (χ0v) is 13.4. The quantitative estimate of drug-likeness (QED) is 0.811. The Bertz CT molecular complexity index is 451. The maximum absolute atomic E-state index is 11.5. The molecule has 20 heavy (non-hydrogen) atoms. The molecule has 0 saturated carbocycles. The minimum Gasteiger partial charge on any atom is -0.374 e.